The van der Waals surface area contributed by atoms with Crippen LogP contribution in [0.3, 0.4) is 0 Å². The summed E-state index contributed by atoms with van der Waals surface area (Å²) in [5, 5.41) is 0. The molecule has 0 saturated heterocycles. The van der Waals surface area contributed by atoms with E-state index in [-0.39, 0.29) is 11.5 Å². The van der Waals surface area contributed by atoms with Gasteiger partial charge in [0, 0.05) is 6.04 Å². The van der Waals surface area contributed by atoms with Crippen LogP contribution >= 0.6 is 0 Å². The largest absolute Gasteiger partial charge is 0.324 e. The minimum atomic E-state index is 0.231. The van der Waals surface area contributed by atoms with Gasteiger partial charge >= 0.3 is 0 Å². The molecule has 0 saturated carbocycles. The Bertz CT molecular complexity index is 392. The maximum Gasteiger partial charge on any atom is 0.0306 e. The first-order valence-corrected chi connectivity index (χ1v) is 6.35. The molecular formula is C15H23N. The van der Waals surface area contributed by atoms with E-state index in [0.717, 1.165) is 6.42 Å². The zero-order chi connectivity index (χ0) is 11.9. The summed E-state index contributed by atoms with van der Waals surface area (Å²) in [6.07, 6.45) is 2.27. The second kappa shape index (κ2) is 3.89. The van der Waals surface area contributed by atoms with Crippen LogP contribution in [0.25, 0.3) is 0 Å². The molecule has 2 N–H and O–H groups in total. The zero-order valence-electron chi connectivity index (χ0n) is 10.9. The Morgan fingerprint density at radius 1 is 1.44 bits per heavy atom. The van der Waals surface area contributed by atoms with Crippen LogP contribution in [0.4, 0.5) is 0 Å². The number of nitrogens with two attached hydrogens (primary N) is 1. The maximum atomic E-state index is 6.23. The minimum absolute atomic E-state index is 0.231. The first kappa shape index (κ1) is 11.7. The summed E-state index contributed by atoms with van der Waals surface area (Å²) in [6, 6.07) is 7.15. The molecule has 1 aliphatic rings. The number of hydrogen-bond acceptors (Lipinski definition) is 1. The van der Waals surface area contributed by atoms with Crippen molar-refractivity contribution in [3.8, 4) is 0 Å². The summed E-state index contributed by atoms with van der Waals surface area (Å²) in [5.74, 6) is 0.640. The number of benzene rings is 1. The van der Waals surface area contributed by atoms with Crippen molar-refractivity contribution >= 4 is 0 Å². The van der Waals surface area contributed by atoms with Gasteiger partial charge in [-0.2, -0.15) is 0 Å². The smallest absolute Gasteiger partial charge is 0.0306 e. The Morgan fingerprint density at radius 3 is 2.75 bits per heavy atom. The maximum absolute atomic E-state index is 6.23. The van der Waals surface area contributed by atoms with Gasteiger partial charge in [0.25, 0.3) is 0 Å². The fraction of sp³-hybridized carbons (Fsp3) is 0.600. The van der Waals surface area contributed by atoms with Crippen molar-refractivity contribution < 1.29 is 0 Å². The van der Waals surface area contributed by atoms with E-state index in [2.05, 4.69) is 45.9 Å². The van der Waals surface area contributed by atoms with Crippen LogP contribution in [0.15, 0.2) is 18.2 Å². The van der Waals surface area contributed by atoms with Crippen LogP contribution in [0.1, 0.15) is 69.2 Å². The molecule has 0 aliphatic heterocycles. The molecule has 1 aliphatic carbocycles. The highest BCUT2D eigenvalue weighted by Crippen LogP contribution is 2.44. The standard InChI is InChI=1S/C15H23N/c1-5-10(2)11-6-7-13-12(8-11)14(16)9-15(13,3)4/h6-8,10,14H,5,9,16H2,1-4H3/t10?,14-/m1/s1. The van der Waals surface area contributed by atoms with Gasteiger partial charge in [0.1, 0.15) is 0 Å². The van der Waals surface area contributed by atoms with E-state index < -0.39 is 0 Å². The molecule has 0 fully saturated rings. The Hall–Kier alpha value is -0.820. The second-order valence-electron chi connectivity index (χ2n) is 5.85. The first-order valence-electron chi connectivity index (χ1n) is 6.35. The highest BCUT2D eigenvalue weighted by atomic mass is 14.7. The predicted octanol–water partition coefficient (Wildman–Crippen LogP) is 3.88. The van der Waals surface area contributed by atoms with Crippen LogP contribution < -0.4 is 5.73 Å². The van der Waals surface area contributed by atoms with E-state index in [1.165, 1.54) is 23.1 Å². The lowest BCUT2D eigenvalue weighted by atomic mass is 9.85. The van der Waals surface area contributed by atoms with Crippen LogP contribution in [-0.2, 0) is 5.41 Å². The van der Waals surface area contributed by atoms with Gasteiger partial charge in [0.15, 0.2) is 0 Å². The van der Waals surface area contributed by atoms with Gasteiger partial charge in [-0.05, 0) is 40.9 Å². The lowest BCUT2D eigenvalue weighted by Crippen LogP contribution is -2.14. The monoisotopic (exact) mass is 217 g/mol. The molecule has 0 spiro atoms. The third kappa shape index (κ3) is 1.78. The van der Waals surface area contributed by atoms with Crippen LogP contribution in [0.5, 0.6) is 0 Å². The van der Waals surface area contributed by atoms with E-state index in [0.29, 0.717) is 5.92 Å². The topological polar surface area (TPSA) is 26.0 Å². The molecule has 0 bridgehead atoms. The molecule has 0 heterocycles. The SMILES string of the molecule is CCC(C)c1ccc2c(c1)[C@H](N)CC2(C)C. The lowest BCUT2D eigenvalue weighted by Gasteiger charge is -2.19. The summed E-state index contributed by atoms with van der Waals surface area (Å²) in [4.78, 5) is 0. The predicted molar refractivity (Wildman–Crippen MR) is 69.7 cm³/mol. The number of hydrogen-bond donors (Lipinski definition) is 1. The quantitative estimate of drug-likeness (QED) is 0.799. The average molecular weight is 217 g/mol. The van der Waals surface area contributed by atoms with Gasteiger partial charge in [-0.25, -0.2) is 0 Å². The van der Waals surface area contributed by atoms with Gasteiger partial charge in [-0.1, -0.05) is 45.9 Å². The Balaban J connectivity index is 2.44. The molecule has 1 heteroatoms. The van der Waals surface area contributed by atoms with Crippen molar-refractivity contribution in [3.05, 3.63) is 34.9 Å². The summed E-state index contributed by atoms with van der Waals surface area (Å²) < 4.78 is 0. The summed E-state index contributed by atoms with van der Waals surface area (Å²) in [6.45, 7) is 9.11. The molecule has 1 aromatic rings. The van der Waals surface area contributed by atoms with Crippen LogP contribution in [-0.4, -0.2) is 0 Å². The molecule has 88 valence electrons. The van der Waals surface area contributed by atoms with E-state index in [1.807, 2.05) is 0 Å². The molecule has 1 aromatic carbocycles. The van der Waals surface area contributed by atoms with Crippen molar-refractivity contribution in [2.75, 3.05) is 0 Å². The van der Waals surface area contributed by atoms with Gasteiger partial charge < -0.3 is 5.73 Å². The molecular weight excluding hydrogens is 194 g/mol. The van der Waals surface area contributed by atoms with Crippen molar-refractivity contribution in [1.29, 1.82) is 0 Å². The van der Waals surface area contributed by atoms with E-state index in [4.69, 9.17) is 5.73 Å². The summed E-state index contributed by atoms with van der Waals surface area (Å²) in [5.41, 5.74) is 10.8. The Labute approximate surface area is 99.0 Å². The van der Waals surface area contributed by atoms with Gasteiger partial charge in [-0.15, -0.1) is 0 Å². The summed E-state index contributed by atoms with van der Waals surface area (Å²) >= 11 is 0. The van der Waals surface area contributed by atoms with Gasteiger partial charge in [0.05, 0.1) is 0 Å². The van der Waals surface area contributed by atoms with Gasteiger partial charge in [0.2, 0.25) is 0 Å². The van der Waals surface area contributed by atoms with E-state index >= 15 is 0 Å². The molecule has 0 radical (unpaired) electrons. The Kier molecular flexibility index (Phi) is 2.83. The number of rotatable bonds is 2. The van der Waals surface area contributed by atoms with Crippen molar-refractivity contribution in [3.63, 3.8) is 0 Å². The fourth-order valence-corrected chi connectivity index (χ4v) is 2.82. The molecule has 0 aromatic heterocycles. The molecule has 2 rings (SSSR count). The van der Waals surface area contributed by atoms with Crippen molar-refractivity contribution in [2.24, 2.45) is 5.73 Å². The van der Waals surface area contributed by atoms with E-state index in [1.54, 1.807) is 0 Å². The van der Waals surface area contributed by atoms with Crippen molar-refractivity contribution in [2.45, 2.75) is 57.9 Å². The van der Waals surface area contributed by atoms with Crippen LogP contribution in [0.2, 0.25) is 0 Å². The molecule has 0 amide bonds. The molecule has 16 heavy (non-hydrogen) atoms. The third-order valence-corrected chi connectivity index (χ3v) is 4.12. The van der Waals surface area contributed by atoms with Crippen molar-refractivity contribution in [1.82, 2.24) is 0 Å². The second-order valence-corrected chi connectivity index (χ2v) is 5.85. The number of fused-ring (bicyclic) bond motifs is 1. The molecule has 1 nitrogen and oxygen atoms in total. The first-order chi connectivity index (χ1) is 7.45. The highest BCUT2D eigenvalue weighted by Gasteiger charge is 2.34. The fourth-order valence-electron chi connectivity index (χ4n) is 2.82. The Morgan fingerprint density at radius 2 is 2.12 bits per heavy atom. The molecule has 1 unspecified atom stereocenters. The average Bonchev–Trinajstić information content (AvgIpc) is 2.48. The van der Waals surface area contributed by atoms with Crippen LogP contribution in [0, 0.1) is 0 Å². The van der Waals surface area contributed by atoms with E-state index in [9.17, 15) is 0 Å². The van der Waals surface area contributed by atoms with Gasteiger partial charge in [-0.3, -0.25) is 0 Å². The summed E-state index contributed by atoms with van der Waals surface area (Å²) in [7, 11) is 0. The molecule has 2 atom stereocenters. The normalized spacial score (nSPS) is 24.2. The minimum Gasteiger partial charge on any atom is -0.324 e. The lowest BCUT2D eigenvalue weighted by molar-refractivity contribution is 0.481. The third-order valence-electron chi connectivity index (χ3n) is 4.12. The highest BCUT2D eigenvalue weighted by molar-refractivity contribution is 5.44. The zero-order valence-corrected chi connectivity index (χ0v) is 10.9.